The van der Waals surface area contributed by atoms with Crippen LogP contribution in [-0.2, 0) is 10.0 Å². The highest BCUT2D eigenvalue weighted by Crippen LogP contribution is 2.36. The first-order valence-corrected chi connectivity index (χ1v) is 12.5. The van der Waals surface area contributed by atoms with Crippen LogP contribution in [0.5, 0.6) is 0 Å². The Morgan fingerprint density at radius 3 is 2.38 bits per heavy atom. The van der Waals surface area contributed by atoms with Crippen molar-refractivity contribution in [3.63, 3.8) is 0 Å². The number of sulfonamides is 1. The van der Waals surface area contributed by atoms with E-state index >= 15 is 0 Å². The third kappa shape index (κ3) is 5.39. The average Bonchev–Trinajstić information content (AvgIpc) is 3.21. The molecule has 3 aromatic rings. The number of ketones is 1. The molecule has 1 heterocycles. The monoisotopic (exact) mass is 487 g/mol. The summed E-state index contributed by atoms with van der Waals surface area (Å²) in [5.41, 5.74) is 0.112. The molecule has 10 heteroatoms. The number of hydrogen-bond acceptors (Lipinski definition) is 6. The minimum atomic E-state index is -4.26. The van der Waals surface area contributed by atoms with Gasteiger partial charge in [-0.2, -0.15) is 0 Å². The number of benzene rings is 2. The van der Waals surface area contributed by atoms with E-state index in [1.807, 2.05) is 6.92 Å². The third-order valence-electron chi connectivity index (χ3n) is 5.57. The Labute approximate surface area is 198 Å². The molecule has 9 nitrogen and oxygen atoms in total. The van der Waals surface area contributed by atoms with E-state index in [0.717, 1.165) is 0 Å². The Balaban J connectivity index is 2.10. The molecule has 1 atom stereocenters. The van der Waals surface area contributed by atoms with Gasteiger partial charge in [0, 0.05) is 13.1 Å². The SMILES string of the molecule is CCCN(c1ccccc1)S(=O)(=O)[C@H](C(=O)c1nc2ccccc2o1)C(C)(C)CCNC(=O)O. The number of rotatable bonds is 11. The summed E-state index contributed by atoms with van der Waals surface area (Å²) < 4.78 is 35.1. The van der Waals surface area contributed by atoms with Crippen LogP contribution in [0.3, 0.4) is 0 Å². The van der Waals surface area contributed by atoms with Gasteiger partial charge in [0.2, 0.25) is 15.8 Å². The van der Waals surface area contributed by atoms with Crippen LogP contribution in [0.1, 0.15) is 44.3 Å². The van der Waals surface area contributed by atoms with E-state index in [1.54, 1.807) is 68.4 Å². The van der Waals surface area contributed by atoms with Gasteiger partial charge in [-0.15, -0.1) is 0 Å². The topological polar surface area (TPSA) is 130 Å². The summed E-state index contributed by atoms with van der Waals surface area (Å²) in [7, 11) is -4.26. The molecule has 0 aliphatic rings. The number of nitrogens with zero attached hydrogens (tertiary/aromatic N) is 2. The normalized spacial score (nSPS) is 12.9. The molecule has 0 fully saturated rings. The summed E-state index contributed by atoms with van der Waals surface area (Å²) in [4.78, 5) is 28.9. The predicted molar refractivity (Wildman–Crippen MR) is 130 cm³/mol. The molecule has 3 rings (SSSR count). The highest BCUT2D eigenvalue weighted by molar-refractivity contribution is 7.94. The van der Waals surface area contributed by atoms with E-state index in [1.165, 1.54) is 4.31 Å². The van der Waals surface area contributed by atoms with Crippen LogP contribution in [0, 0.1) is 5.41 Å². The molecule has 182 valence electrons. The van der Waals surface area contributed by atoms with Gasteiger partial charge in [-0.05, 0) is 42.5 Å². The summed E-state index contributed by atoms with van der Waals surface area (Å²) in [6.45, 7) is 5.27. The first-order valence-electron chi connectivity index (χ1n) is 11.0. The average molecular weight is 488 g/mol. The number of aromatic nitrogens is 1. The van der Waals surface area contributed by atoms with Crippen LogP contribution >= 0.6 is 0 Å². The zero-order chi connectivity index (χ0) is 24.9. The summed E-state index contributed by atoms with van der Waals surface area (Å²) >= 11 is 0. The summed E-state index contributed by atoms with van der Waals surface area (Å²) in [6.07, 6.45) is -0.597. The van der Waals surface area contributed by atoms with Gasteiger partial charge in [0.1, 0.15) is 5.52 Å². The van der Waals surface area contributed by atoms with E-state index in [2.05, 4.69) is 10.3 Å². The van der Waals surface area contributed by atoms with Crippen LogP contribution < -0.4 is 9.62 Å². The fraction of sp³-hybridized carbons (Fsp3) is 0.375. The van der Waals surface area contributed by atoms with E-state index < -0.39 is 32.6 Å². The van der Waals surface area contributed by atoms with Crippen molar-refractivity contribution in [2.75, 3.05) is 17.4 Å². The second kappa shape index (κ2) is 10.3. The molecule has 2 N–H and O–H groups in total. The molecule has 0 bridgehead atoms. The molecule has 0 saturated carbocycles. The minimum Gasteiger partial charge on any atom is -0.465 e. The van der Waals surface area contributed by atoms with Gasteiger partial charge in [0.15, 0.2) is 10.8 Å². The number of carbonyl (C=O) groups is 2. The number of anilines is 1. The van der Waals surface area contributed by atoms with Gasteiger partial charge < -0.3 is 14.8 Å². The first kappa shape index (κ1) is 25.2. The molecule has 0 aliphatic carbocycles. The molecule has 34 heavy (non-hydrogen) atoms. The van der Waals surface area contributed by atoms with Crippen molar-refractivity contribution in [2.24, 2.45) is 5.41 Å². The standard InChI is InChI=1S/C24H29N3O6S/c1-4-16-27(17-10-6-5-7-11-17)34(31,32)21(24(2,3)14-15-25-23(29)30)20(28)22-26-18-12-8-9-13-19(18)33-22/h5-13,21,25H,4,14-16H2,1-3H3,(H,29,30)/t21-/m1/s1. The molecule has 0 saturated heterocycles. The maximum absolute atomic E-state index is 14.1. The Bertz CT molecular complexity index is 1220. The Morgan fingerprint density at radius 2 is 1.76 bits per heavy atom. The quantitative estimate of drug-likeness (QED) is 0.385. The van der Waals surface area contributed by atoms with Crippen molar-refractivity contribution < 1.29 is 27.5 Å². The number of oxazole rings is 1. The smallest absolute Gasteiger partial charge is 0.404 e. The minimum absolute atomic E-state index is 0.0195. The number of carbonyl (C=O) groups excluding carboxylic acids is 1. The maximum Gasteiger partial charge on any atom is 0.404 e. The fourth-order valence-electron chi connectivity index (χ4n) is 3.93. The Hall–Kier alpha value is -3.40. The van der Waals surface area contributed by atoms with Gasteiger partial charge in [0.25, 0.3) is 5.89 Å². The van der Waals surface area contributed by atoms with Crippen molar-refractivity contribution in [1.82, 2.24) is 10.3 Å². The summed E-state index contributed by atoms with van der Waals surface area (Å²) in [5, 5.41) is 9.65. The van der Waals surface area contributed by atoms with Gasteiger partial charge >= 0.3 is 6.09 Å². The lowest BCUT2D eigenvalue weighted by atomic mass is 9.83. The summed E-state index contributed by atoms with van der Waals surface area (Å²) in [6, 6.07) is 15.4. The first-order chi connectivity index (χ1) is 16.1. The lowest BCUT2D eigenvalue weighted by molar-refractivity contribution is 0.0900. The number of amides is 1. The van der Waals surface area contributed by atoms with Gasteiger partial charge in [-0.1, -0.05) is 51.1 Å². The second-order valence-corrected chi connectivity index (χ2v) is 10.6. The van der Waals surface area contributed by atoms with E-state index in [4.69, 9.17) is 9.52 Å². The number of fused-ring (bicyclic) bond motifs is 1. The predicted octanol–water partition coefficient (Wildman–Crippen LogP) is 4.31. The van der Waals surface area contributed by atoms with Crippen molar-refractivity contribution >= 4 is 38.7 Å². The van der Waals surface area contributed by atoms with Crippen LogP contribution in [0.25, 0.3) is 11.1 Å². The number of hydrogen-bond donors (Lipinski definition) is 2. The molecular weight excluding hydrogens is 458 g/mol. The highest BCUT2D eigenvalue weighted by Gasteiger charge is 2.49. The summed E-state index contributed by atoms with van der Waals surface area (Å²) in [5.74, 6) is -1.06. The molecule has 0 aliphatic heterocycles. The van der Waals surface area contributed by atoms with Crippen LogP contribution in [-0.4, -0.2) is 48.7 Å². The number of para-hydroxylation sites is 3. The van der Waals surface area contributed by atoms with E-state index in [9.17, 15) is 18.0 Å². The Kier molecular flexibility index (Phi) is 7.61. The molecule has 0 spiro atoms. The van der Waals surface area contributed by atoms with E-state index in [0.29, 0.717) is 23.2 Å². The van der Waals surface area contributed by atoms with Crippen molar-refractivity contribution in [1.29, 1.82) is 0 Å². The largest absolute Gasteiger partial charge is 0.465 e. The number of carboxylic acid groups (broad SMARTS) is 1. The van der Waals surface area contributed by atoms with Crippen LogP contribution in [0.4, 0.5) is 10.5 Å². The highest BCUT2D eigenvalue weighted by atomic mass is 32.2. The fourth-order valence-corrected chi connectivity index (χ4v) is 6.34. The van der Waals surface area contributed by atoms with Crippen molar-refractivity contribution in [2.45, 2.75) is 38.9 Å². The van der Waals surface area contributed by atoms with E-state index in [-0.39, 0.29) is 25.4 Å². The lowest BCUT2D eigenvalue weighted by Crippen LogP contribution is -2.51. The van der Waals surface area contributed by atoms with Crippen molar-refractivity contribution in [3.8, 4) is 0 Å². The van der Waals surface area contributed by atoms with Crippen molar-refractivity contribution in [3.05, 3.63) is 60.5 Å². The molecule has 1 amide bonds. The van der Waals surface area contributed by atoms with Crippen LogP contribution in [0.15, 0.2) is 59.0 Å². The molecule has 1 aromatic heterocycles. The lowest BCUT2D eigenvalue weighted by Gasteiger charge is -2.36. The molecule has 0 radical (unpaired) electrons. The third-order valence-corrected chi connectivity index (χ3v) is 8.03. The van der Waals surface area contributed by atoms with Crippen LogP contribution in [0.2, 0.25) is 0 Å². The molecule has 0 unspecified atom stereocenters. The number of Topliss-reactive ketones (excluding diaryl/α,β-unsaturated/α-hetero) is 1. The van der Waals surface area contributed by atoms with Gasteiger partial charge in [-0.3, -0.25) is 9.10 Å². The number of nitrogens with one attached hydrogen (secondary N) is 1. The van der Waals surface area contributed by atoms with Gasteiger partial charge in [0.05, 0.1) is 5.69 Å². The molecular formula is C24H29N3O6S. The second-order valence-electron chi connectivity index (χ2n) is 8.65. The zero-order valence-electron chi connectivity index (χ0n) is 19.4. The molecule has 2 aromatic carbocycles. The zero-order valence-corrected chi connectivity index (χ0v) is 20.2. The van der Waals surface area contributed by atoms with Gasteiger partial charge in [-0.25, -0.2) is 18.2 Å². The maximum atomic E-state index is 14.1. The Morgan fingerprint density at radius 1 is 1.12 bits per heavy atom.